The zero-order chi connectivity index (χ0) is 18.0. The molecule has 128 valence electrons. The van der Waals surface area contributed by atoms with Crippen molar-refractivity contribution in [3.8, 4) is 0 Å². The van der Waals surface area contributed by atoms with Gasteiger partial charge in [-0.15, -0.1) is 0 Å². The predicted octanol–water partition coefficient (Wildman–Crippen LogP) is 4.95. The van der Waals surface area contributed by atoms with E-state index in [2.05, 4.69) is 10.6 Å². The van der Waals surface area contributed by atoms with Crippen LogP contribution in [0, 0.1) is 6.92 Å². The van der Waals surface area contributed by atoms with Crippen LogP contribution in [-0.2, 0) is 4.79 Å². The van der Waals surface area contributed by atoms with E-state index >= 15 is 0 Å². The van der Waals surface area contributed by atoms with Gasteiger partial charge in [0.05, 0.1) is 16.4 Å². The van der Waals surface area contributed by atoms with Crippen LogP contribution in [0.2, 0.25) is 5.02 Å². The van der Waals surface area contributed by atoms with E-state index in [4.69, 9.17) is 11.6 Å². The Hall–Kier alpha value is -2.59. The zero-order valence-electron chi connectivity index (χ0n) is 14.2. The molecule has 0 bridgehead atoms. The van der Waals surface area contributed by atoms with Crippen LogP contribution in [0.4, 0.5) is 11.4 Å². The van der Waals surface area contributed by atoms with Crippen molar-refractivity contribution in [3.05, 3.63) is 69.9 Å². The molecular weight excluding hydrogens is 336 g/mol. The van der Waals surface area contributed by atoms with Gasteiger partial charge in [-0.25, -0.2) is 0 Å². The number of ketones is 1. The summed E-state index contributed by atoms with van der Waals surface area (Å²) in [7, 11) is 0. The van der Waals surface area contributed by atoms with Gasteiger partial charge < -0.3 is 10.6 Å². The van der Waals surface area contributed by atoms with Gasteiger partial charge in [0, 0.05) is 23.3 Å². The first kappa shape index (κ1) is 17.2. The van der Waals surface area contributed by atoms with Gasteiger partial charge in [-0.05, 0) is 44.0 Å². The summed E-state index contributed by atoms with van der Waals surface area (Å²) in [5, 5.41) is 6.51. The molecule has 0 heterocycles. The summed E-state index contributed by atoms with van der Waals surface area (Å²) in [6.07, 6.45) is 1.20. The molecule has 0 radical (unpaired) electrons. The maximum atomic E-state index is 12.5. The molecule has 0 saturated carbocycles. The van der Waals surface area contributed by atoms with Gasteiger partial charge in [-0.2, -0.15) is 0 Å². The van der Waals surface area contributed by atoms with Crippen molar-refractivity contribution < 1.29 is 9.59 Å². The molecule has 2 N–H and O–H groups in total. The highest BCUT2D eigenvalue weighted by molar-refractivity contribution is 6.36. The van der Waals surface area contributed by atoms with E-state index in [0.717, 1.165) is 16.8 Å². The molecule has 0 fully saturated rings. The summed E-state index contributed by atoms with van der Waals surface area (Å²) in [4.78, 5) is 24.2. The number of hydrogen-bond donors (Lipinski definition) is 2. The number of halogens is 1. The minimum atomic E-state index is -0.205. The van der Waals surface area contributed by atoms with Crippen LogP contribution in [0.1, 0.15) is 35.7 Å². The van der Waals surface area contributed by atoms with Crippen LogP contribution in [0.15, 0.2) is 53.7 Å². The van der Waals surface area contributed by atoms with Crippen molar-refractivity contribution in [1.82, 2.24) is 0 Å². The third kappa shape index (κ3) is 3.59. The summed E-state index contributed by atoms with van der Waals surface area (Å²) in [5.74, 6) is -0.0498. The van der Waals surface area contributed by atoms with E-state index in [1.165, 1.54) is 0 Å². The fourth-order valence-corrected chi connectivity index (χ4v) is 3.06. The topological polar surface area (TPSA) is 58.2 Å². The Morgan fingerprint density at radius 2 is 1.72 bits per heavy atom. The van der Waals surface area contributed by atoms with Gasteiger partial charge >= 0.3 is 0 Å². The zero-order valence-corrected chi connectivity index (χ0v) is 14.9. The second kappa shape index (κ2) is 7.11. The highest BCUT2D eigenvalue weighted by Crippen LogP contribution is 2.33. The Morgan fingerprint density at radius 3 is 2.40 bits per heavy atom. The summed E-state index contributed by atoms with van der Waals surface area (Å²) < 4.78 is 0. The highest BCUT2D eigenvalue weighted by atomic mass is 35.5. The average molecular weight is 355 g/mol. The van der Waals surface area contributed by atoms with Gasteiger partial charge in [-0.3, -0.25) is 9.59 Å². The number of benzene rings is 2. The molecule has 5 heteroatoms. The average Bonchev–Trinajstić information content (AvgIpc) is 2.91. The van der Waals surface area contributed by atoms with Gasteiger partial charge in [0.1, 0.15) is 0 Å². The molecule has 0 spiro atoms. The highest BCUT2D eigenvalue weighted by Gasteiger charge is 2.20. The van der Waals surface area contributed by atoms with Crippen LogP contribution in [0.5, 0.6) is 0 Å². The number of aryl methyl sites for hydroxylation is 1. The lowest BCUT2D eigenvalue weighted by Crippen LogP contribution is -2.14. The second-order valence-corrected chi connectivity index (χ2v) is 6.47. The molecule has 4 nitrogen and oxygen atoms in total. The first-order valence-electron chi connectivity index (χ1n) is 8.13. The summed E-state index contributed by atoms with van der Waals surface area (Å²) in [6.45, 7) is 3.70. The third-order valence-electron chi connectivity index (χ3n) is 4.40. The maximum absolute atomic E-state index is 12.5. The molecule has 1 aliphatic carbocycles. The number of amides is 1. The van der Waals surface area contributed by atoms with Crippen LogP contribution in [0.25, 0.3) is 0 Å². The van der Waals surface area contributed by atoms with E-state index in [1.807, 2.05) is 44.2 Å². The van der Waals surface area contributed by atoms with Gasteiger partial charge in [0.2, 0.25) is 0 Å². The third-order valence-corrected chi connectivity index (χ3v) is 4.80. The number of Topliss-reactive ketones (excluding diaryl/α,β-unsaturated/α-hetero) is 1. The molecule has 3 rings (SSSR count). The number of allylic oxidation sites excluding steroid dienone is 2. The quantitative estimate of drug-likeness (QED) is 0.816. The van der Waals surface area contributed by atoms with Crippen LogP contribution in [-0.4, -0.2) is 11.7 Å². The minimum absolute atomic E-state index is 0.155. The van der Waals surface area contributed by atoms with Crippen molar-refractivity contribution in [3.63, 3.8) is 0 Å². The summed E-state index contributed by atoms with van der Waals surface area (Å²) in [5.41, 5.74) is 4.34. The molecule has 0 aromatic heterocycles. The van der Waals surface area contributed by atoms with E-state index in [-0.39, 0.29) is 11.7 Å². The summed E-state index contributed by atoms with van der Waals surface area (Å²) >= 11 is 6.46. The summed E-state index contributed by atoms with van der Waals surface area (Å²) in [6, 6.07) is 12.8. The van der Waals surface area contributed by atoms with Crippen molar-refractivity contribution in [2.24, 2.45) is 0 Å². The monoisotopic (exact) mass is 354 g/mol. The molecule has 1 aliphatic rings. The lowest BCUT2D eigenvalue weighted by Gasteiger charge is -2.14. The SMILES string of the molecule is CC1=C(Nc2cccc(NC(=O)c3ccccc3C)c2Cl)CCC1=O. The number of anilines is 2. The number of hydrogen-bond acceptors (Lipinski definition) is 3. The fourth-order valence-electron chi connectivity index (χ4n) is 2.84. The molecule has 0 unspecified atom stereocenters. The van der Waals surface area contributed by atoms with Crippen LogP contribution < -0.4 is 10.6 Å². The predicted molar refractivity (Wildman–Crippen MR) is 101 cm³/mol. The smallest absolute Gasteiger partial charge is 0.255 e. The minimum Gasteiger partial charge on any atom is -0.357 e. The van der Waals surface area contributed by atoms with Crippen molar-refractivity contribution in [2.45, 2.75) is 26.7 Å². The Kier molecular flexibility index (Phi) is 4.91. The molecule has 0 atom stereocenters. The molecule has 2 aromatic carbocycles. The van der Waals surface area contributed by atoms with Crippen molar-refractivity contribution in [2.75, 3.05) is 10.6 Å². The normalized spacial score (nSPS) is 14.0. The van der Waals surface area contributed by atoms with Gasteiger partial charge in [0.15, 0.2) is 5.78 Å². The Balaban J connectivity index is 1.83. The first-order valence-corrected chi connectivity index (χ1v) is 8.50. The molecule has 0 aliphatic heterocycles. The Labute approximate surface area is 151 Å². The number of carbonyl (C=O) groups excluding carboxylic acids is 2. The molecule has 0 saturated heterocycles. The van der Waals surface area contributed by atoms with Crippen LogP contribution in [0.3, 0.4) is 0 Å². The largest absolute Gasteiger partial charge is 0.357 e. The Bertz CT molecular complexity index is 887. The molecule has 25 heavy (non-hydrogen) atoms. The number of rotatable bonds is 4. The van der Waals surface area contributed by atoms with E-state index in [9.17, 15) is 9.59 Å². The number of nitrogens with one attached hydrogen (secondary N) is 2. The first-order chi connectivity index (χ1) is 12.0. The lowest BCUT2D eigenvalue weighted by atomic mass is 10.1. The van der Waals surface area contributed by atoms with E-state index < -0.39 is 0 Å². The maximum Gasteiger partial charge on any atom is 0.255 e. The molecule has 2 aromatic rings. The van der Waals surface area contributed by atoms with Gasteiger partial charge in [0.25, 0.3) is 5.91 Å². The Morgan fingerprint density at radius 1 is 1.00 bits per heavy atom. The van der Waals surface area contributed by atoms with Crippen molar-refractivity contribution in [1.29, 1.82) is 0 Å². The molecular formula is C20H19ClN2O2. The number of carbonyl (C=O) groups is 2. The molecule has 1 amide bonds. The van der Waals surface area contributed by atoms with Gasteiger partial charge in [-0.1, -0.05) is 35.9 Å². The van der Waals surface area contributed by atoms with E-state index in [1.54, 1.807) is 12.1 Å². The van der Waals surface area contributed by atoms with E-state index in [0.29, 0.717) is 34.8 Å². The second-order valence-electron chi connectivity index (χ2n) is 6.09. The standard InChI is InChI=1S/C20H19ClN2O2/c1-12-6-3-4-7-14(12)20(25)23-17-9-5-8-16(19(17)21)22-15-10-11-18(24)13(15)2/h3-9,22H,10-11H2,1-2H3,(H,23,25). The van der Waals surface area contributed by atoms with Crippen LogP contribution >= 0.6 is 11.6 Å². The fraction of sp³-hybridized carbons (Fsp3) is 0.200. The lowest BCUT2D eigenvalue weighted by molar-refractivity contribution is -0.114. The van der Waals surface area contributed by atoms with Crippen molar-refractivity contribution >= 4 is 34.7 Å².